The average molecular weight is 201 g/mol. The van der Waals surface area contributed by atoms with Gasteiger partial charge in [0.2, 0.25) is 0 Å². The maximum Gasteiger partial charge on any atom is 0.404 e. The minimum absolute atomic E-state index is 0.291. The molecule has 5 nitrogen and oxygen atoms in total. The summed E-state index contributed by atoms with van der Waals surface area (Å²) in [5.74, 6) is 0. The van der Waals surface area contributed by atoms with Crippen LogP contribution < -0.4 is 11.1 Å². The first kappa shape index (κ1) is 9.94. The van der Waals surface area contributed by atoms with Crippen molar-refractivity contribution in [1.29, 1.82) is 0 Å². The molecule has 0 radical (unpaired) electrons. The summed E-state index contributed by atoms with van der Waals surface area (Å²) in [5.41, 5.74) is 7.53. The summed E-state index contributed by atoms with van der Waals surface area (Å²) < 4.78 is 4.52. The zero-order valence-electron chi connectivity index (χ0n) is 7.03. The minimum atomic E-state index is -0.740. The Hall–Kier alpha value is -1.14. The Morgan fingerprint density at radius 3 is 3.23 bits per heavy atom. The second-order valence-corrected chi connectivity index (χ2v) is 3.04. The Labute approximate surface area is 79.9 Å². The van der Waals surface area contributed by atoms with E-state index in [1.54, 1.807) is 16.8 Å². The maximum absolute atomic E-state index is 10.2. The van der Waals surface area contributed by atoms with Gasteiger partial charge in [0.05, 0.1) is 11.2 Å². The van der Waals surface area contributed by atoms with E-state index < -0.39 is 6.09 Å². The number of nitrogens with two attached hydrogens (primary N) is 1. The smallest absolute Gasteiger partial charge is 0.404 e. The van der Waals surface area contributed by atoms with Crippen molar-refractivity contribution in [2.75, 3.05) is 13.2 Å². The SMILES string of the molecule is NC(=O)OCCNCc1cscn1. The van der Waals surface area contributed by atoms with Crippen molar-refractivity contribution < 1.29 is 9.53 Å². The summed E-state index contributed by atoms with van der Waals surface area (Å²) in [7, 11) is 0. The summed E-state index contributed by atoms with van der Waals surface area (Å²) >= 11 is 1.55. The fourth-order valence-corrected chi connectivity index (χ4v) is 1.32. The molecular formula is C7H11N3O2S. The monoisotopic (exact) mass is 201 g/mol. The molecule has 3 N–H and O–H groups in total. The first-order valence-electron chi connectivity index (χ1n) is 3.79. The van der Waals surface area contributed by atoms with Gasteiger partial charge in [0, 0.05) is 18.5 Å². The van der Waals surface area contributed by atoms with Crippen LogP contribution in [0.15, 0.2) is 10.9 Å². The molecule has 0 aliphatic heterocycles. The number of thiazole rings is 1. The zero-order valence-corrected chi connectivity index (χ0v) is 7.84. The molecule has 0 atom stereocenters. The van der Waals surface area contributed by atoms with Crippen molar-refractivity contribution in [3.05, 3.63) is 16.6 Å². The van der Waals surface area contributed by atoms with Gasteiger partial charge in [-0.3, -0.25) is 0 Å². The quantitative estimate of drug-likeness (QED) is 0.673. The average Bonchev–Trinajstić information content (AvgIpc) is 2.55. The molecule has 1 aromatic heterocycles. The van der Waals surface area contributed by atoms with E-state index in [9.17, 15) is 4.79 Å². The van der Waals surface area contributed by atoms with Crippen LogP contribution in [0.5, 0.6) is 0 Å². The number of rotatable bonds is 5. The highest BCUT2D eigenvalue weighted by Gasteiger charge is 1.95. The fourth-order valence-electron chi connectivity index (χ4n) is 0.765. The van der Waals surface area contributed by atoms with Crippen molar-refractivity contribution >= 4 is 17.4 Å². The van der Waals surface area contributed by atoms with Crippen LogP contribution in [0.2, 0.25) is 0 Å². The lowest BCUT2D eigenvalue weighted by Crippen LogP contribution is -2.23. The summed E-state index contributed by atoms with van der Waals surface area (Å²) in [6.07, 6.45) is -0.740. The van der Waals surface area contributed by atoms with E-state index in [0.29, 0.717) is 19.7 Å². The van der Waals surface area contributed by atoms with Gasteiger partial charge in [-0.2, -0.15) is 0 Å². The number of hydrogen-bond donors (Lipinski definition) is 2. The van der Waals surface area contributed by atoms with Gasteiger partial charge in [-0.1, -0.05) is 0 Å². The van der Waals surface area contributed by atoms with Crippen LogP contribution in [0.3, 0.4) is 0 Å². The first-order chi connectivity index (χ1) is 6.29. The Balaban J connectivity index is 1.99. The summed E-state index contributed by atoms with van der Waals surface area (Å²) in [4.78, 5) is 14.2. The van der Waals surface area contributed by atoms with Crippen LogP contribution in [-0.2, 0) is 11.3 Å². The fraction of sp³-hybridized carbons (Fsp3) is 0.429. The Bertz CT molecular complexity index is 250. The highest BCUT2D eigenvalue weighted by Crippen LogP contribution is 1.99. The van der Waals surface area contributed by atoms with Crippen molar-refractivity contribution in [3.8, 4) is 0 Å². The largest absolute Gasteiger partial charge is 0.448 e. The highest BCUT2D eigenvalue weighted by atomic mass is 32.1. The second kappa shape index (κ2) is 5.50. The first-order valence-corrected chi connectivity index (χ1v) is 4.73. The lowest BCUT2D eigenvalue weighted by atomic mass is 10.5. The van der Waals surface area contributed by atoms with Crippen molar-refractivity contribution in [3.63, 3.8) is 0 Å². The molecule has 0 saturated carbocycles. The van der Waals surface area contributed by atoms with Crippen molar-refractivity contribution in [2.45, 2.75) is 6.54 Å². The third kappa shape index (κ3) is 4.44. The van der Waals surface area contributed by atoms with Gasteiger partial charge in [0.1, 0.15) is 6.61 Å². The minimum Gasteiger partial charge on any atom is -0.448 e. The molecule has 72 valence electrons. The van der Waals surface area contributed by atoms with Gasteiger partial charge in [-0.15, -0.1) is 11.3 Å². The van der Waals surface area contributed by atoms with E-state index in [2.05, 4.69) is 15.0 Å². The predicted octanol–water partition coefficient (Wildman–Crippen LogP) is 0.328. The number of carbonyl (C=O) groups excluding carboxylic acids is 1. The second-order valence-electron chi connectivity index (χ2n) is 2.32. The molecule has 1 amide bonds. The van der Waals surface area contributed by atoms with Gasteiger partial charge in [0.15, 0.2) is 0 Å². The maximum atomic E-state index is 10.2. The molecule has 0 saturated heterocycles. The molecule has 1 heterocycles. The molecule has 6 heteroatoms. The molecular weight excluding hydrogens is 190 g/mol. The Morgan fingerprint density at radius 1 is 1.77 bits per heavy atom. The van der Waals surface area contributed by atoms with E-state index in [1.807, 2.05) is 5.38 Å². The van der Waals surface area contributed by atoms with Gasteiger partial charge in [-0.25, -0.2) is 9.78 Å². The number of amides is 1. The summed E-state index contributed by atoms with van der Waals surface area (Å²) in [6.45, 7) is 1.56. The summed E-state index contributed by atoms with van der Waals surface area (Å²) in [6, 6.07) is 0. The molecule has 0 aromatic carbocycles. The molecule has 0 spiro atoms. The van der Waals surface area contributed by atoms with Crippen molar-refractivity contribution in [1.82, 2.24) is 10.3 Å². The van der Waals surface area contributed by atoms with Crippen LogP contribution in [-0.4, -0.2) is 24.2 Å². The molecule has 1 aromatic rings. The number of carbonyl (C=O) groups is 1. The van der Waals surface area contributed by atoms with Crippen LogP contribution in [0.25, 0.3) is 0 Å². The van der Waals surface area contributed by atoms with E-state index in [0.717, 1.165) is 5.69 Å². The number of aromatic nitrogens is 1. The lowest BCUT2D eigenvalue weighted by molar-refractivity contribution is 0.157. The number of primary amides is 1. The number of ether oxygens (including phenoxy) is 1. The number of hydrogen-bond acceptors (Lipinski definition) is 5. The van der Waals surface area contributed by atoms with E-state index in [1.165, 1.54) is 0 Å². The third-order valence-electron chi connectivity index (χ3n) is 1.31. The molecule has 0 aliphatic rings. The van der Waals surface area contributed by atoms with Crippen molar-refractivity contribution in [2.24, 2.45) is 5.73 Å². The van der Waals surface area contributed by atoms with E-state index >= 15 is 0 Å². The molecule has 1 rings (SSSR count). The normalized spacial score (nSPS) is 9.85. The lowest BCUT2D eigenvalue weighted by Gasteiger charge is -2.02. The number of nitrogens with zero attached hydrogens (tertiary/aromatic N) is 1. The molecule has 0 bridgehead atoms. The number of nitrogens with one attached hydrogen (secondary N) is 1. The van der Waals surface area contributed by atoms with Gasteiger partial charge < -0.3 is 15.8 Å². The Morgan fingerprint density at radius 2 is 2.62 bits per heavy atom. The van der Waals surface area contributed by atoms with Crippen LogP contribution in [0.1, 0.15) is 5.69 Å². The van der Waals surface area contributed by atoms with Gasteiger partial charge in [0.25, 0.3) is 0 Å². The Kier molecular flexibility index (Phi) is 4.20. The van der Waals surface area contributed by atoms with Crippen LogP contribution in [0, 0.1) is 0 Å². The van der Waals surface area contributed by atoms with E-state index in [4.69, 9.17) is 5.73 Å². The molecule has 0 unspecified atom stereocenters. The third-order valence-corrected chi connectivity index (χ3v) is 1.95. The molecule has 0 aliphatic carbocycles. The molecule has 0 fully saturated rings. The highest BCUT2D eigenvalue weighted by molar-refractivity contribution is 7.07. The van der Waals surface area contributed by atoms with Crippen LogP contribution >= 0.6 is 11.3 Å². The van der Waals surface area contributed by atoms with Gasteiger partial charge in [-0.05, 0) is 0 Å². The van der Waals surface area contributed by atoms with Crippen LogP contribution in [0.4, 0.5) is 4.79 Å². The van der Waals surface area contributed by atoms with E-state index in [-0.39, 0.29) is 0 Å². The summed E-state index contributed by atoms with van der Waals surface area (Å²) in [5, 5.41) is 5.01. The standard InChI is InChI=1S/C7H11N3O2S/c8-7(11)12-2-1-9-3-6-4-13-5-10-6/h4-5,9H,1-3H2,(H2,8,11). The molecule has 13 heavy (non-hydrogen) atoms. The topological polar surface area (TPSA) is 77.2 Å². The van der Waals surface area contributed by atoms with Gasteiger partial charge >= 0.3 is 6.09 Å². The zero-order chi connectivity index (χ0) is 9.52. The predicted molar refractivity (Wildman–Crippen MR) is 49.4 cm³/mol.